The summed E-state index contributed by atoms with van der Waals surface area (Å²) < 4.78 is 43.2. The molecule has 0 spiro atoms. The second-order valence-electron chi connectivity index (χ2n) is 5.63. The maximum absolute atomic E-state index is 12.6. The zero-order chi connectivity index (χ0) is 20.0. The van der Waals surface area contributed by atoms with Crippen molar-refractivity contribution in [3.8, 4) is 5.75 Å². The van der Waals surface area contributed by atoms with Gasteiger partial charge >= 0.3 is 6.18 Å². The zero-order valence-electron chi connectivity index (χ0n) is 14.8. The first-order chi connectivity index (χ1) is 12.7. The third-order valence-corrected chi connectivity index (χ3v) is 3.63. The van der Waals surface area contributed by atoms with Gasteiger partial charge in [0.05, 0.1) is 17.9 Å². The number of amides is 2. The Bertz CT molecular complexity index is 805. The van der Waals surface area contributed by atoms with Crippen LogP contribution in [0.1, 0.15) is 19.4 Å². The molecule has 0 saturated carbocycles. The summed E-state index contributed by atoms with van der Waals surface area (Å²) in [5.74, 6) is -0.460. The highest BCUT2D eigenvalue weighted by molar-refractivity contribution is 6.02. The van der Waals surface area contributed by atoms with Gasteiger partial charge in [0.2, 0.25) is 11.8 Å². The number of ether oxygens (including phenoxy) is 1. The number of hydrogen-bond donors (Lipinski definition) is 1. The Morgan fingerprint density at radius 1 is 1.07 bits per heavy atom. The van der Waals surface area contributed by atoms with Gasteiger partial charge in [-0.2, -0.15) is 13.2 Å². The molecule has 0 radical (unpaired) electrons. The molecule has 0 saturated heterocycles. The summed E-state index contributed by atoms with van der Waals surface area (Å²) >= 11 is 0. The SMILES string of the molecule is CCOc1ccccc1N(CC(=O)Nc1ccc(C(F)(F)F)cc1)C(C)=O. The van der Waals surface area contributed by atoms with Crippen LogP contribution in [-0.4, -0.2) is 25.0 Å². The molecule has 27 heavy (non-hydrogen) atoms. The molecule has 1 N–H and O–H groups in total. The van der Waals surface area contributed by atoms with Gasteiger partial charge in [0, 0.05) is 12.6 Å². The normalized spacial score (nSPS) is 11.0. The van der Waals surface area contributed by atoms with Crippen LogP contribution in [0.15, 0.2) is 48.5 Å². The lowest BCUT2D eigenvalue weighted by Crippen LogP contribution is -2.37. The number of alkyl halides is 3. The van der Waals surface area contributed by atoms with Crippen molar-refractivity contribution in [3.05, 3.63) is 54.1 Å². The maximum Gasteiger partial charge on any atom is 0.416 e. The van der Waals surface area contributed by atoms with Crippen LogP contribution in [0.2, 0.25) is 0 Å². The van der Waals surface area contributed by atoms with E-state index in [-0.39, 0.29) is 18.1 Å². The van der Waals surface area contributed by atoms with E-state index in [0.29, 0.717) is 18.0 Å². The second kappa shape index (κ2) is 8.57. The fourth-order valence-electron chi connectivity index (χ4n) is 2.41. The minimum atomic E-state index is -4.45. The van der Waals surface area contributed by atoms with Gasteiger partial charge in [-0.1, -0.05) is 12.1 Å². The van der Waals surface area contributed by atoms with Crippen LogP contribution in [0, 0.1) is 0 Å². The topological polar surface area (TPSA) is 58.6 Å². The summed E-state index contributed by atoms with van der Waals surface area (Å²) in [5, 5.41) is 2.49. The monoisotopic (exact) mass is 380 g/mol. The van der Waals surface area contributed by atoms with Gasteiger partial charge in [-0.3, -0.25) is 14.5 Å². The molecule has 0 aromatic heterocycles. The number of nitrogens with zero attached hydrogens (tertiary/aromatic N) is 1. The largest absolute Gasteiger partial charge is 0.492 e. The van der Waals surface area contributed by atoms with Gasteiger partial charge < -0.3 is 10.1 Å². The van der Waals surface area contributed by atoms with E-state index in [2.05, 4.69) is 5.32 Å². The van der Waals surface area contributed by atoms with Gasteiger partial charge in [-0.05, 0) is 43.3 Å². The highest BCUT2D eigenvalue weighted by atomic mass is 19.4. The summed E-state index contributed by atoms with van der Waals surface area (Å²) in [6.45, 7) is 3.20. The number of anilines is 2. The summed E-state index contributed by atoms with van der Waals surface area (Å²) in [5.41, 5.74) is -0.166. The highest BCUT2D eigenvalue weighted by Gasteiger charge is 2.30. The molecule has 0 bridgehead atoms. The number of carbonyl (C=O) groups is 2. The van der Waals surface area contributed by atoms with E-state index in [9.17, 15) is 22.8 Å². The lowest BCUT2D eigenvalue weighted by atomic mass is 10.2. The van der Waals surface area contributed by atoms with Crippen molar-refractivity contribution in [1.82, 2.24) is 0 Å². The lowest BCUT2D eigenvalue weighted by molar-refractivity contribution is -0.137. The Morgan fingerprint density at radius 3 is 2.26 bits per heavy atom. The van der Waals surface area contributed by atoms with Gasteiger partial charge in [-0.25, -0.2) is 0 Å². The van der Waals surface area contributed by atoms with Crippen LogP contribution in [0.3, 0.4) is 0 Å². The summed E-state index contributed by atoms with van der Waals surface area (Å²) in [7, 11) is 0. The zero-order valence-corrected chi connectivity index (χ0v) is 14.8. The number of carbonyl (C=O) groups excluding carboxylic acids is 2. The molecule has 0 aliphatic heterocycles. The molecule has 8 heteroatoms. The van der Waals surface area contributed by atoms with Crippen molar-refractivity contribution < 1.29 is 27.5 Å². The molecule has 2 aromatic carbocycles. The van der Waals surface area contributed by atoms with E-state index in [1.54, 1.807) is 31.2 Å². The second-order valence-corrected chi connectivity index (χ2v) is 5.63. The van der Waals surface area contributed by atoms with Crippen LogP contribution in [0.5, 0.6) is 5.75 Å². The summed E-state index contributed by atoms with van der Waals surface area (Å²) in [4.78, 5) is 25.5. The number of halogens is 3. The molecule has 0 fully saturated rings. The lowest BCUT2D eigenvalue weighted by Gasteiger charge is -2.23. The number of hydrogen-bond acceptors (Lipinski definition) is 3. The standard InChI is InChI=1S/C19H19F3N2O3/c1-3-27-17-7-5-4-6-16(17)24(13(2)25)12-18(26)23-15-10-8-14(9-11-15)19(20,21)22/h4-11H,3,12H2,1-2H3,(H,23,26). The average molecular weight is 380 g/mol. The predicted octanol–water partition coefficient (Wildman–Crippen LogP) is 4.10. The molecule has 0 aliphatic rings. The minimum Gasteiger partial charge on any atom is -0.492 e. The molecule has 144 valence electrons. The Morgan fingerprint density at radius 2 is 1.70 bits per heavy atom. The number of nitrogens with one attached hydrogen (secondary N) is 1. The molecular weight excluding hydrogens is 361 g/mol. The Balaban J connectivity index is 2.13. The number of para-hydroxylation sites is 2. The van der Waals surface area contributed by atoms with E-state index < -0.39 is 17.6 Å². The van der Waals surface area contributed by atoms with E-state index in [4.69, 9.17) is 4.74 Å². The molecular formula is C19H19F3N2O3. The van der Waals surface area contributed by atoms with Crippen LogP contribution < -0.4 is 15.0 Å². The van der Waals surface area contributed by atoms with E-state index in [1.165, 1.54) is 11.8 Å². The Labute approximate surface area is 154 Å². The first-order valence-electron chi connectivity index (χ1n) is 8.19. The van der Waals surface area contributed by atoms with Crippen molar-refractivity contribution in [2.75, 3.05) is 23.4 Å². The predicted molar refractivity (Wildman–Crippen MR) is 95.7 cm³/mol. The molecule has 0 atom stereocenters. The van der Waals surface area contributed by atoms with Crippen LogP contribution >= 0.6 is 0 Å². The van der Waals surface area contributed by atoms with E-state index in [0.717, 1.165) is 24.3 Å². The molecule has 2 aromatic rings. The molecule has 2 amide bonds. The van der Waals surface area contributed by atoms with Gasteiger partial charge in [0.1, 0.15) is 12.3 Å². The van der Waals surface area contributed by atoms with Crippen LogP contribution in [-0.2, 0) is 15.8 Å². The molecule has 0 heterocycles. The first-order valence-corrected chi connectivity index (χ1v) is 8.19. The molecule has 5 nitrogen and oxygen atoms in total. The molecule has 0 unspecified atom stereocenters. The Kier molecular flexibility index (Phi) is 6.44. The van der Waals surface area contributed by atoms with E-state index >= 15 is 0 Å². The minimum absolute atomic E-state index is 0.203. The van der Waals surface area contributed by atoms with Crippen molar-refractivity contribution in [1.29, 1.82) is 0 Å². The summed E-state index contributed by atoms with van der Waals surface area (Å²) in [6, 6.07) is 10.9. The van der Waals surface area contributed by atoms with Crippen LogP contribution in [0.4, 0.5) is 24.5 Å². The fourth-order valence-corrected chi connectivity index (χ4v) is 2.41. The molecule has 0 aliphatic carbocycles. The third-order valence-electron chi connectivity index (χ3n) is 3.63. The van der Waals surface area contributed by atoms with Gasteiger partial charge in [0.15, 0.2) is 0 Å². The first kappa shape index (κ1) is 20.3. The third kappa shape index (κ3) is 5.47. The number of benzene rings is 2. The van der Waals surface area contributed by atoms with Gasteiger partial charge in [0.25, 0.3) is 0 Å². The fraction of sp³-hybridized carbons (Fsp3) is 0.263. The Hall–Kier alpha value is -3.03. The highest BCUT2D eigenvalue weighted by Crippen LogP contribution is 2.30. The van der Waals surface area contributed by atoms with Crippen molar-refractivity contribution in [2.45, 2.75) is 20.0 Å². The van der Waals surface area contributed by atoms with Crippen molar-refractivity contribution >= 4 is 23.2 Å². The van der Waals surface area contributed by atoms with E-state index in [1.807, 2.05) is 0 Å². The number of rotatable bonds is 6. The van der Waals surface area contributed by atoms with Gasteiger partial charge in [-0.15, -0.1) is 0 Å². The molecule has 2 rings (SSSR count). The average Bonchev–Trinajstić information content (AvgIpc) is 2.60. The quantitative estimate of drug-likeness (QED) is 0.821. The van der Waals surface area contributed by atoms with Crippen molar-refractivity contribution in [3.63, 3.8) is 0 Å². The van der Waals surface area contributed by atoms with Crippen LogP contribution in [0.25, 0.3) is 0 Å². The summed E-state index contributed by atoms with van der Waals surface area (Å²) in [6.07, 6.45) is -4.45. The maximum atomic E-state index is 12.6. The smallest absolute Gasteiger partial charge is 0.416 e. The van der Waals surface area contributed by atoms with Crippen molar-refractivity contribution in [2.24, 2.45) is 0 Å².